The van der Waals surface area contributed by atoms with Crippen molar-refractivity contribution in [1.29, 1.82) is 0 Å². The molecule has 0 atom stereocenters. The molecule has 3 aromatic rings. The zero-order valence-electron chi connectivity index (χ0n) is 14.0. The predicted octanol–water partition coefficient (Wildman–Crippen LogP) is 5.21. The smallest absolute Gasteiger partial charge is 0.196 e. The first-order valence-electron chi connectivity index (χ1n) is 8.13. The Bertz CT molecular complexity index is 905. The lowest BCUT2D eigenvalue weighted by molar-refractivity contribution is -0.113. The molecule has 0 aliphatic rings. The van der Waals surface area contributed by atoms with Crippen molar-refractivity contribution in [1.82, 2.24) is 0 Å². The Morgan fingerprint density at radius 1 is 0.680 bits per heavy atom. The van der Waals surface area contributed by atoms with E-state index in [1.807, 2.05) is 60.7 Å². The lowest BCUT2D eigenvalue weighted by Gasteiger charge is -2.05. The highest BCUT2D eigenvalue weighted by molar-refractivity contribution is 6.28. The fraction of sp³-hybridized carbons (Fsp3) is 0.0435. The Morgan fingerprint density at radius 2 is 1.20 bits per heavy atom. The van der Waals surface area contributed by atoms with E-state index in [2.05, 4.69) is 0 Å². The maximum Gasteiger partial charge on any atom is 0.196 e. The highest BCUT2D eigenvalue weighted by Crippen LogP contribution is 2.21. The summed E-state index contributed by atoms with van der Waals surface area (Å²) < 4.78 is 0. The fourth-order valence-corrected chi connectivity index (χ4v) is 2.64. The lowest BCUT2D eigenvalue weighted by Crippen LogP contribution is -2.10. The molecule has 0 aromatic heterocycles. The zero-order chi connectivity index (χ0) is 17.6. The van der Waals surface area contributed by atoms with Crippen LogP contribution in [-0.4, -0.2) is 11.6 Å². The van der Waals surface area contributed by atoms with Crippen molar-refractivity contribution in [3.8, 4) is 11.1 Å². The van der Waals surface area contributed by atoms with Gasteiger partial charge in [0, 0.05) is 5.56 Å². The van der Waals surface area contributed by atoms with Crippen molar-refractivity contribution in [3.63, 3.8) is 0 Å². The van der Waals surface area contributed by atoms with Gasteiger partial charge in [-0.15, -0.1) is 0 Å². The molecule has 0 heterocycles. The van der Waals surface area contributed by atoms with E-state index >= 15 is 0 Å². The van der Waals surface area contributed by atoms with Gasteiger partial charge >= 0.3 is 0 Å². The molecule has 0 saturated carbocycles. The van der Waals surface area contributed by atoms with E-state index in [-0.39, 0.29) is 17.1 Å². The number of Topliss-reactive ketones (excluding diaryl/α,β-unsaturated/α-hetero) is 2. The van der Waals surface area contributed by atoms with E-state index in [0.717, 1.165) is 16.7 Å². The van der Waals surface area contributed by atoms with E-state index in [0.29, 0.717) is 5.56 Å². The number of hydrogen-bond acceptors (Lipinski definition) is 2. The second kappa shape index (κ2) is 7.54. The second-order valence-corrected chi connectivity index (χ2v) is 5.80. The monoisotopic (exact) mass is 326 g/mol. The minimum Gasteiger partial charge on any atom is -0.294 e. The van der Waals surface area contributed by atoms with Crippen molar-refractivity contribution < 1.29 is 9.59 Å². The second-order valence-electron chi connectivity index (χ2n) is 5.80. The summed E-state index contributed by atoms with van der Waals surface area (Å²) in [7, 11) is 0. The van der Waals surface area contributed by atoms with E-state index in [1.54, 1.807) is 30.3 Å². The maximum absolute atomic E-state index is 12.6. The topological polar surface area (TPSA) is 34.1 Å². The van der Waals surface area contributed by atoms with Crippen LogP contribution in [0.5, 0.6) is 0 Å². The SMILES string of the molecule is CC(=O)/C(=C\c1ccc(-c2ccccc2)cc1)C(=O)c1ccccc1. The Labute approximate surface area is 147 Å². The highest BCUT2D eigenvalue weighted by atomic mass is 16.1. The van der Waals surface area contributed by atoms with Gasteiger partial charge in [-0.1, -0.05) is 84.9 Å². The van der Waals surface area contributed by atoms with Gasteiger partial charge in [-0.3, -0.25) is 9.59 Å². The Hall–Kier alpha value is -3.26. The third-order valence-electron chi connectivity index (χ3n) is 3.99. The molecular formula is C23H18O2. The first-order chi connectivity index (χ1) is 12.1. The quantitative estimate of drug-likeness (QED) is 0.279. The molecule has 0 saturated heterocycles. The molecule has 25 heavy (non-hydrogen) atoms. The standard InChI is InChI=1S/C23H18O2/c1-17(24)22(23(25)21-10-6-3-7-11-21)16-18-12-14-20(15-13-18)19-8-4-2-5-9-19/h2-16H,1H3/b22-16+. The van der Waals surface area contributed by atoms with Crippen molar-refractivity contribution >= 4 is 17.6 Å². The van der Waals surface area contributed by atoms with Gasteiger partial charge in [-0.2, -0.15) is 0 Å². The van der Waals surface area contributed by atoms with Crippen LogP contribution in [0.1, 0.15) is 22.8 Å². The van der Waals surface area contributed by atoms with E-state index in [4.69, 9.17) is 0 Å². The summed E-state index contributed by atoms with van der Waals surface area (Å²) in [4.78, 5) is 24.6. The lowest BCUT2D eigenvalue weighted by atomic mass is 9.97. The summed E-state index contributed by atoms with van der Waals surface area (Å²) >= 11 is 0. The Morgan fingerprint density at radius 3 is 1.76 bits per heavy atom. The van der Waals surface area contributed by atoms with Gasteiger partial charge < -0.3 is 0 Å². The molecule has 0 amide bonds. The van der Waals surface area contributed by atoms with Gasteiger partial charge in [-0.05, 0) is 29.7 Å². The van der Waals surface area contributed by atoms with Crippen molar-refractivity contribution in [2.45, 2.75) is 6.92 Å². The number of allylic oxidation sites excluding steroid dienone is 1. The summed E-state index contributed by atoms with van der Waals surface area (Å²) in [6.45, 7) is 1.42. The first-order valence-corrected chi connectivity index (χ1v) is 8.13. The average Bonchev–Trinajstić information content (AvgIpc) is 2.67. The summed E-state index contributed by atoms with van der Waals surface area (Å²) in [5.74, 6) is -0.485. The van der Waals surface area contributed by atoms with Gasteiger partial charge in [0.2, 0.25) is 0 Å². The molecule has 0 unspecified atom stereocenters. The van der Waals surface area contributed by atoms with Crippen LogP contribution >= 0.6 is 0 Å². The number of hydrogen-bond donors (Lipinski definition) is 0. The van der Waals surface area contributed by atoms with Crippen LogP contribution in [0.2, 0.25) is 0 Å². The maximum atomic E-state index is 12.6. The first kappa shape index (κ1) is 16.6. The van der Waals surface area contributed by atoms with Crippen LogP contribution in [0, 0.1) is 0 Å². The molecule has 0 radical (unpaired) electrons. The number of carbonyl (C=O) groups is 2. The number of carbonyl (C=O) groups excluding carboxylic acids is 2. The molecule has 0 spiro atoms. The molecule has 3 aromatic carbocycles. The van der Waals surface area contributed by atoms with Crippen LogP contribution in [0.4, 0.5) is 0 Å². The number of benzene rings is 3. The molecule has 0 N–H and O–H groups in total. The normalized spacial score (nSPS) is 11.2. The molecule has 122 valence electrons. The van der Waals surface area contributed by atoms with Crippen molar-refractivity contribution in [3.05, 3.63) is 102 Å². The highest BCUT2D eigenvalue weighted by Gasteiger charge is 2.16. The van der Waals surface area contributed by atoms with E-state index < -0.39 is 0 Å². The van der Waals surface area contributed by atoms with Gasteiger partial charge in [-0.25, -0.2) is 0 Å². The van der Waals surface area contributed by atoms with E-state index in [1.165, 1.54) is 6.92 Å². The predicted molar refractivity (Wildman–Crippen MR) is 101 cm³/mol. The fourth-order valence-electron chi connectivity index (χ4n) is 2.64. The van der Waals surface area contributed by atoms with Crippen LogP contribution in [0.3, 0.4) is 0 Å². The van der Waals surface area contributed by atoms with Crippen molar-refractivity contribution in [2.75, 3.05) is 0 Å². The van der Waals surface area contributed by atoms with Crippen LogP contribution < -0.4 is 0 Å². The van der Waals surface area contributed by atoms with Crippen molar-refractivity contribution in [2.24, 2.45) is 0 Å². The van der Waals surface area contributed by atoms with Crippen LogP contribution in [0.15, 0.2) is 90.5 Å². The van der Waals surface area contributed by atoms with Gasteiger partial charge in [0.15, 0.2) is 11.6 Å². The zero-order valence-corrected chi connectivity index (χ0v) is 14.0. The molecule has 0 fully saturated rings. The van der Waals surface area contributed by atoms with Gasteiger partial charge in [0.25, 0.3) is 0 Å². The van der Waals surface area contributed by atoms with Crippen LogP contribution in [-0.2, 0) is 4.79 Å². The molecular weight excluding hydrogens is 308 g/mol. The summed E-state index contributed by atoms with van der Waals surface area (Å²) in [6, 6.07) is 26.8. The molecule has 3 rings (SSSR count). The molecule has 0 bridgehead atoms. The Balaban J connectivity index is 1.91. The van der Waals surface area contributed by atoms with Crippen LogP contribution in [0.25, 0.3) is 17.2 Å². The molecule has 0 aliphatic heterocycles. The van der Waals surface area contributed by atoms with E-state index in [9.17, 15) is 9.59 Å². The van der Waals surface area contributed by atoms with Gasteiger partial charge in [0.1, 0.15) is 0 Å². The third kappa shape index (κ3) is 3.99. The largest absolute Gasteiger partial charge is 0.294 e. The average molecular weight is 326 g/mol. The summed E-state index contributed by atoms with van der Waals surface area (Å²) in [5.41, 5.74) is 3.76. The minimum atomic E-state index is -0.250. The molecule has 0 aliphatic carbocycles. The summed E-state index contributed by atoms with van der Waals surface area (Å²) in [5, 5.41) is 0. The Kier molecular flexibility index (Phi) is 5.00. The number of ketones is 2. The minimum absolute atomic E-state index is 0.193. The summed E-state index contributed by atoms with van der Waals surface area (Å²) in [6.07, 6.45) is 1.66. The number of rotatable bonds is 5. The molecule has 2 nitrogen and oxygen atoms in total. The third-order valence-corrected chi connectivity index (χ3v) is 3.99. The molecule has 2 heteroatoms. The van der Waals surface area contributed by atoms with Gasteiger partial charge in [0.05, 0.1) is 5.57 Å².